The van der Waals surface area contributed by atoms with Gasteiger partial charge in [-0.15, -0.1) is 0 Å². The molecule has 4 heterocycles. The third kappa shape index (κ3) is 3.04. The lowest BCUT2D eigenvalue weighted by atomic mass is 9.57. The normalized spacial score (nSPS) is 27.0. The highest BCUT2D eigenvalue weighted by Crippen LogP contribution is 2.68. The first kappa shape index (κ1) is 26.5. The van der Waals surface area contributed by atoms with Gasteiger partial charge in [0, 0.05) is 28.5 Å². The van der Waals surface area contributed by atoms with Crippen molar-refractivity contribution in [3.8, 4) is 17.2 Å². The van der Waals surface area contributed by atoms with E-state index in [1.807, 2.05) is 42.5 Å². The van der Waals surface area contributed by atoms with Gasteiger partial charge in [-0.05, 0) is 61.2 Å². The summed E-state index contributed by atoms with van der Waals surface area (Å²) < 4.78 is 16.7. The summed E-state index contributed by atoms with van der Waals surface area (Å²) in [6.07, 6.45) is 2.25. The number of amides is 2. The van der Waals surface area contributed by atoms with E-state index in [1.54, 1.807) is 12.1 Å². The fourth-order valence-electron chi connectivity index (χ4n) is 8.25. The van der Waals surface area contributed by atoms with Crippen molar-refractivity contribution < 1.29 is 28.6 Å². The maximum atomic E-state index is 15.0. The van der Waals surface area contributed by atoms with Gasteiger partial charge in [0.2, 0.25) is 11.7 Å². The molecular weight excluding hydrogens is 534 g/mol. The first-order valence-electron chi connectivity index (χ1n) is 14.3. The monoisotopic (exact) mass is 567 g/mol. The van der Waals surface area contributed by atoms with E-state index in [0.29, 0.717) is 52.7 Å². The molecule has 216 valence electrons. The molecule has 0 saturated carbocycles. The highest BCUT2D eigenvalue weighted by atomic mass is 16.5. The van der Waals surface area contributed by atoms with E-state index < -0.39 is 16.9 Å². The van der Waals surface area contributed by atoms with Crippen LogP contribution in [0.5, 0.6) is 17.2 Å². The topological polar surface area (TPSA) is 106 Å². The molecule has 42 heavy (non-hydrogen) atoms. The zero-order chi connectivity index (χ0) is 29.4. The highest BCUT2D eigenvalue weighted by molar-refractivity contribution is 6.21. The number of ether oxygens (including phenoxy) is 3. The lowest BCUT2D eigenvalue weighted by Crippen LogP contribution is -2.62. The fourth-order valence-corrected chi connectivity index (χ4v) is 8.25. The predicted octanol–water partition coefficient (Wildman–Crippen LogP) is 4.29. The summed E-state index contributed by atoms with van der Waals surface area (Å²) in [7, 11) is 4.51. The smallest absolute Gasteiger partial charge is 0.251 e. The number of ketones is 1. The van der Waals surface area contributed by atoms with Crippen LogP contribution in [0.1, 0.15) is 46.8 Å². The van der Waals surface area contributed by atoms with E-state index in [-0.39, 0.29) is 23.6 Å². The Morgan fingerprint density at radius 3 is 2.29 bits per heavy atom. The molecule has 0 bridgehead atoms. The van der Waals surface area contributed by atoms with Crippen LogP contribution >= 0.6 is 0 Å². The molecule has 7 rings (SSSR count). The Hall–Kier alpha value is -4.37. The second-order valence-electron chi connectivity index (χ2n) is 11.4. The number of carbonyl (C=O) groups is 3. The van der Waals surface area contributed by atoms with Crippen LogP contribution in [0.4, 0.5) is 11.4 Å². The number of rotatable bonds is 6. The van der Waals surface area contributed by atoms with Crippen LogP contribution in [0.15, 0.2) is 54.6 Å². The third-order valence-corrected chi connectivity index (χ3v) is 9.80. The van der Waals surface area contributed by atoms with Crippen molar-refractivity contribution in [2.24, 2.45) is 5.92 Å². The number of para-hydroxylation sites is 1. The van der Waals surface area contributed by atoms with Crippen LogP contribution in [0.3, 0.4) is 0 Å². The lowest BCUT2D eigenvalue weighted by molar-refractivity contribution is -0.137. The van der Waals surface area contributed by atoms with Gasteiger partial charge in [-0.2, -0.15) is 0 Å². The molecular formula is C33H33N3O6. The summed E-state index contributed by atoms with van der Waals surface area (Å²) in [6, 6.07) is 16.4. The van der Waals surface area contributed by atoms with Gasteiger partial charge in [0.05, 0.1) is 27.2 Å². The highest BCUT2D eigenvalue weighted by Gasteiger charge is 2.81. The minimum atomic E-state index is -1.52. The number of Topliss-reactive ketones (excluding diaryl/α,β-unsaturated/α-hetero) is 1. The Bertz CT molecular complexity index is 1640. The van der Waals surface area contributed by atoms with E-state index in [1.165, 1.54) is 21.3 Å². The van der Waals surface area contributed by atoms with Crippen molar-refractivity contribution in [3.63, 3.8) is 0 Å². The third-order valence-electron chi connectivity index (χ3n) is 9.80. The van der Waals surface area contributed by atoms with E-state index in [2.05, 4.69) is 22.5 Å². The lowest BCUT2D eigenvalue weighted by Gasteiger charge is -2.43. The number of benzene rings is 3. The number of aryl methyl sites for hydroxylation is 1. The summed E-state index contributed by atoms with van der Waals surface area (Å²) >= 11 is 0. The number of hydrogen-bond acceptors (Lipinski definition) is 7. The van der Waals surface area contributed by atoms with Gasteiger partial charge in [0.25, 0.3) is 5.91 Å². The minimum absolute atomic E-state index is 0.247. The standard InChI is InChI=1S/C33H33N3O6/c1-5-18-12-13-23-21(15-18)33(31(39)35-23)32(20-9-6-7-10-22(20)34-30(32)38)27(24-11-8-14-36(24)33)28(37)19-16-25(40-2)29(42-4)26(17-19)41-3/h6-7,9-10,12-13,15-17,24,27H,5,8,11,14H2,1-4H3,(H,34,38)(H,35,39)/t24-,27+,32-,33-/m1/s1. The average Bonchev–Trinajstić information content (AvgIpc) is 3.74. The van der Waals surface area contributed by atoms with Crippen LogP contribution in [0, 0.1) is 5.92 Å². The molecule has 2 saturated heterocycles. The maximum absolute atomic E-state index is 15.0. The van der Waals surface area contributed by atoms with Gasteiger partial charge in [0.15, 0.2) is 17.3 Å². The number of hydrogen-bond donors (Lipinski definition) is 2. The second kappa shape index (κ2) is 9.32. The first-order chi connectivity index (χ1) is 20.4. The number of methoxy groups -OCH3 is 3. The van der Waals surface area contributed by atoms with Crippen LogP contribution < -0.4 is 24.8 Å². The molecule has 4 aliphatic heterocycles. The van der Waals surface area contributed by atoms with Crippen molar-refractivity contribution >= 4 is 29.0 Å². The molecule has 0 unspecified atom stereocenters. The number of carbonyl (C=O) groups excluding carboxylic acids is 3. The van der Waals surface area contributed by atoms with E-state index in [4.69, 9.17) is 14.2 Å². The molecule has 2 N–H and O–H groups in total. The summed E-state index contributed by atoms with van der Waals surface area (Å²) in [5.74, 6) is -0.664. The molecule has 9 heteroatoms. The zero-order valence-electron chi connectivity index (χ0n) is 24.1. The molecule has 4 atom stereocenters. The average molecular weight is 568 g/mol. The van der Waals surface area contributed by atoms with Gasteiger partial charge >= 0.3 is 0 Å². The van der Waals surface area contributed by atoms with Crippen molar-refractivity contribution in [2.75, 3.05) is 38.5 Å². The Balaban J connectivity index is 1.55. The fraction of sp³-hybridized carbons (Fsp3) is 0.364. The van der Waals surface area contributed by atoms with Gasteiger partial charge in [-0.25, -0.2) is 0 Å². The maximum Gasteiger partial charge on any atom is 0.251 e. The van der Waals surface area contributed by atoms with Crippen molar-refractivity contribution in [3.05, 3.63) is 76.9 Å². The Morgan fingerprint density at radius 2 is 1.60 bits per heavy atom. The SMILES string of the molecule is CCc1ccc2c(c1)[C@]1(C(=O)N2)N2CCC[C@@H]2[C@@H](C(=O)c2cc(OC)c(OC)c(OC)c2)[C@]12C(=O)Nc1ccccc12. The number of anilines is 2. The first-order valence-corrected chi connectivity index (χ1v) is 14.3. The summed E-state index contributed by atoms with van der Waals surface area (Å²) in [5.41, 5.74) is 1.18. The van der Waals surface area contributed by atoms with Gasteiger partial charge < -0.3 is 24.8 Å². The van der Waals surface area contributed by atoms with Gasteiger partial charge in [-0.1, -0.05) is 37.3 Å². The molecule has 2 fully saturated rings. The van der Waals surface area contributed by atoms with Gasteiger partial charge in [-0.3, -0.25) is 19.3 Å². The molecule has 9 nitrogen and oxygen atoms in total. The summed E-state index contributed by atoms with van der Waals surface area (Å²) in [5, 5.41) is 6.20. The van der Waals surface area contributed by atoms with E-state index >= 15 is 4.79 Å². The van der Waals surface area contributed by atoms with Crippen molar-refractivity contribution in [1.82, 2.24) is 4.90 Å². The predicted molar refractivity (Wildman–Crippen MR) is 157 cm³/mol. The zero-order valence-corrected chi connectivity index (χ0v) is 24.1. The molecule has 2 amide bonds. The van der Waals surface area contributed by atoms with Crippen molar-refractivity contribution in [1.29, 1.82) is 0 Å². The Kier molecular flexibility index (Phi) is 5.89. The Morgan fingerprint density at radius 1 is 0.905 bits per heavy atom. The number of nitrogens with one attached hydrogen (secondary N) is 2. The van der Waals surface area contributed by atoms with Crippen LogP contribution in [-0.4, -0.2) is 56.4 Å². The van der Waals surface area contributed by atoms with Gasteiger partial charge in [0.1, 0.15) is 11.0 Å². The molecule has 3 aromatic rings. The second-order valence-corrected chi connectivity index (χ2v) is 11.4. The molecule has 0 aliphatic carbocycles. The molecule has 2 spiro atoms. The van der Waals surface area contributed by atoms with Crippen LogP contribution in [0.25, 0.3) is 0 Å². The molecule has 3 aromatic carbocycles. The number of nitrogens with zero attached hydrogens (tertiary/aromatic N) is 1. The van der Waals surface area contributed by atoms with Crippen molar-refractivity contribution in [2.45, 2.75) is 43.2 Å². The summed E-state index contributed by atoms with van der Waals surface area (Å²) in [6.45, 7) is 2.65. The molecule has 4 aliphatic rings. The Labute approximate surface area is 244 Å². The largest absolute Gasteiger partial charge is 0.493 e. The molecule has 0 radical (unpaired) electrons. The van der Waals surface area contributed by atoms with E-state index in [9.17, 15) is 9.59 Å². The van der Waals surface area contributed by atoms with Crippen LogP contribution in [0.2, 0.25) is 0 Å². The van der Waals surface area contributed by atoms with Crippen LogP contribution in [-0.2, 0) is 27.0 Å². The molecule has 0 aromatic heterocycles. The quantitative estimate of drug-likeness (QED) is 0.428. The van der Waals surface area contributed by atoms with E-state index in [0.717, 1.165) is 24.0 Å². The minimum Gasteiger partial charge on any atom is -0.493 e. The summed E-state index contributed by atoms with van der Waals surface area (Å²) in [4.78, 5) is 46.5. The number of fused-ring (bicyclic) bond motifs is 7.